The number of amides is 1. The molecule has 2 aromatic rings. The number of nitrogens with zero attached hydrogens (tertiary/aromatic N) is 4. The van der Waals surface area contributed by atoms with Crippen LogP contribution in [0.5, 0.6) is 0 Å². The SMILES string of the molecule is Cc1cc(C(F)(F)F)n2nc(C(=O)N(C)C34CC5CC(CC(C5)C3)C4)cc2n1. The van der Waals surface area contributed by atoms with Crippen molar-refractivity contribution in [1.29, 1.82) is 0 Å². The van der Waals surface area contributed by atoms with Crippen LogP contribution in [-0.2, 0) is 6.18 Å². The number of carbonyl (C=O) groups is 1. The van der Waals surface area contributed by atoms with Crippen molar-refractivity contribution < 1.29 is 18.0 Å². The quantitative estimate of drug-likeness (QED) is 0.773. The predicted molar refractivity (Wildman–Crippen MR) is 95.7 cm³/mol. The maximum atomic E-state index is 13.4. The monoisotopic (exact) mass is 392 g/mol. The Kier molecular flexibility index (Phi) is 3.65. The van der Waals surface area contributed by atoms with Crippen LogP contribution in [0.1, 0.15) is 60.4 Å². The fourth-order valence-corrected chi connectivity index (χ4v) is 6.27. The van der Waals surface area contributed by atoms with Gasteiger partial charge in [0.2, 0.25) is 0 Å². The van der Waals surface area contributed by atoms with E-state index in [2.05, 4.69) is 10.1 Å². The van der Waals surface area contributed by atoms with E-state index in [1.165, 1.54) is 32.3 Å². The van der Waals surface area contributed by atoms with Gasteiger partial charge in [-0.3, -0.25) is 4.79 Å². The molecular formula is C20H23F3N4O. The molecule has 4 saturated carbocycles. The molecule has 28 heavy (non-hydrogen) atoms. The van der Waals surface area contributed by atoms with Gasteiger partial charge in [0.15, 0.2) is 11.3 Å². The topological polar surface area (TPSA) is 50.5 Å². The van der Waals surface area contributed by atoms with Gasteiger partial charge < -0.3 is 4.90 Å². The van der Waals surface area contributed by atoms with Crippen LogP contribution in [0.15, 0.2) is 12.1 Å². The summed E-state index contributed by atoms with van der Waals surface area (Å²) in [5.41, 5.74) is -0.756. The Morgan fingerprint density at radius 2 is 1.71 bits per heavy atom. The molecule has 1 amide bonds. The van der Waals surface area contributed by atoms with Crippen LogP contribution in [0.2, 0.25) is 0 Å². The van der Waals surface area contributed by atoms with Crippen LogP contribution in [0.4, 0.5) is 13.2 Å². The summed E-state index contributed by atoms with van der Waals surface area (Å²) in [5, 5.41) is 4.01. The van der Waals surface area contributed by atoms with Gasteiger partial charge in [-0.05, 0) is 69.3 Å². The fourth-order valence-electron chi connectivity index (χ4n) is 6.27. The first-order chi connectivity index (χ1) is 13.1. The maximum Gasteiger partial charge on any atom is 0.433 e. The highest BCUT2D eigenvalue weighted by atomic mass is 19.4. The smallest absolute Gasteiger partial charge is 0.335 e. The standard InChI is InChI=1S/C20H23F3N4O/c1-11-3-16(20(21,22)23)27-17(24-11)7-15(25-27)18(28)26(2)19-8-12-4-13(9-19)6-14(5-12)10-19/h3,7,12-14H,4-6,8-10H2,1-2H3. The number of fused-ring (bicyclic) bond motifs is 1. The summed E-state index contributed by atoms with van der Waals surface area (Å²) >= 11 is 0. The number of aromatic nitrogens is 3. The number of carbonyl (C=O) groups excluding carboxylic acids is 1. The minimum absolute atomic E-state index is 0.0295. The van der Waals surface area contributed by atoms with Crippen molar-refractivity contribution in [3.05, 3.63) is 29.2 Å². The minimum Gasteiger partial charge on any atom is -0.335 e. The van der Waals surface area contributed by atoms with Crippen molar-refractivity contribution in [1.82, 2.24) is 19.5 Å². The maximum absolute atomic E-state index is 13.4. The molecule has 0 radical (unpaired) electrons. The van der Waals surface area contributed by atoms with Gasteiger partial charge in [-0.2, -0.15) is 18.3 Å². The van der Waals surface area contributed by atoms with Crippen LogP contribution < -0.4 is 0 Å². The van der Waals surface area contributed by atoms with Crippen molar-refractivity contribution in [2.45, 2.75) is 57.2 Å². The molecule has 4 aliphatic rings. The van der Waals surface area contributed by atoms with Crippen molar-refractivity contribution in [2.75, 3.05) is 7.05 Å². The zero-order valence-corrected chi connectivity index (χ0v) is 16.0. The molecule has 0 unspecified atom stereocenters. The molecule has 0 aliphatic heterocycles. The zero-order valence-electron chi connectivity index (χ0n) is 16.0. The number of hydrogen-bond donors (Lipinski definition) is 0. The molecule has 0 saturated heterocycles. The van der Waals surface area contributed by atoms with E-state index >= 15 is 0 Å². The van der Waals surface area contributed by atoms with Crippen LogP contribution >= 0.6 is 0 Å². The minimum atomic E-state index is -4.57. The lowest BCUT2D eigenvalue weighted by molar-refractivity contribution is -0.142. The molecule has 0 N–H and O–H groups in total. The summed E-state index contributed by atoms with van der Waals surface area (Å²) in [7, 11) is 1.79. The third kappa shape index (κ3) is 2.63. The van der Waals surface area contributed by atoms with Gasteiger partial charge in [-0.25, -0.2) is 9.50 Å². The van der Waals surface area contributed by atoms with Gasteiger partial charge in [0.25, 0.3) is 5.91 Å². The lowest BCUT2D eigenvalue weighted by Crippen LogP contribution is -2.60. The van der Waals surface area contributed by atoms with E-state index in [0.29, 0.717) is 17.8 Å². The molecule has 5 nitrogen and oxygen atoms in total. The molecule has 0 aromatic carbocycles. The van der Waals surface area contributed by atoms with Gasteiger partial charge in [-0.1, -0.05) is 0 Å². The van der Waals surface area contributed by atoms with E-state index in [0.717, 1.165) is 29.8 Å². The largest absolute Gasteiger partial charge is 0.433 e. The highest BCUT2D eigenvalue weighted by molar-refractivity contribution is 5.93. The van der Waals surface area contributed by atoms with E-state index in [1.807, 2.05) is 0 Å². The molecule has 8 heteroatoms. The Hall–Kier alpha value is -2.12. The van der Waals surface area contributed by atoms with Gasteiger partial charge in [0, 0.05) is 24.3 Å². The second kappa shape index (κ2) is 5.70. The summed E-state index contributed by atoms with van der Waals surface area (Å²) in [5.74, 6) is 1.70. The van der Waals surface area contributed by atoms with E-state index in [1.54, 1.807) is 11.9 Å². The molecule has 2 heterocycles. The first-order valence-corrected chi connectivity index (χ1v) is 9.87. The van der Waals surface area contributed by atoms with Crippen LogP contribution in [0, 0.1) is 24.7 Å². The number of hydrogen-bond acceptors (Lipinski definition) is 3. The molecule has 4 aliphatic carbocycles. The number of halogens is 3. The number of rotatable bonds is 2. The van der Waals surface area contributed by atoms with E-state index in [9.17, 15) is 18.0 Å². The molecule has 4 fully saturated rings. The molecule has 150 valence electrons. The van der Waals surface area contributed by atoms with Crippen molar-refractivity contribution in [2.24, 2.45) is 17.8 Å². The summed E-state index contributed by atoms with van der Waals surface area (Å²) in [6.07, 6.45) is 2.21. The molecule has 6 rings (SSSR count). The van der Waals surface area contributed by atoms with Crippen molar-refractivity contribution in [3.8, 4) is 0 Å². The van der Waals surface area contributed by atoms with E-state index < -0.39 is 11.9 Å². The normalized spacial score (nSPS) is 31.5. The Bertz CT molecular complexity index is 929. The summed E-state index contributed by atoms with van der Waals surface area (Å²) in [4.78, 5) is 19.1. The average Bonchev–Trinajstić information content (AvgIpc) is 3.01. The van der Waals surface area contributed by atoms with Crippen LogP contribution in [-0.4, -0.2) is 38.0 Å². The lowest BCUT2D eigenvalue weighted by Gasteiger charge is -2.59. The van der Waals surface area contributed by atoms with Gasteiger partial charge in [-0.15, -0.1) is 0 Å². The number of aryl methyl sites for hydroxylation is 1. The Morgan fingerprint density at radius 3 is 2.25 bits per heavy atom. The van der Waals surface area contributed by atoms with E-state index in [4.69, 9.17) is 0 Å². The first kappa shape index (κ1) is 17.9. The Balaban J connectivity index is 1.51. The third-order valence-corrected chi connectivity index (χ3v) is 7.09. The Morgan fingerprint density at radius 1 is 1.14 bits per heavy atom. The summed E-state index contributed by atoms with van der Waals surface area (Å²) < 4.78 is 40.9. The second-order valence-corrected chi connectivity index (χ2v) is 9.09. The molecule has 0 atom stereocenters. The molecule has 4 bridgehead atoms. The van der Waals surface area contributed by atoms with Crippen LogP contribution in [0.25, 0.3) is 5.65 Å². The van der Waals surface area contributed by atoms with Crippen LogP contribution in [0.3, 0.4) is 0 Å². The first-order valence-electron chi connectivity index (χ1n) is 9.87. The Labute approximate surface area is 160 Å². The lowest BCUT2D eigenvalue weighted by atomic mass is 9.52. The third-order valence-electron chi connectivity index (χ3n) is 7.09. The molecule has 0 spiro atoms. The molecular weight excluding hydrogens is 369 g/mol. The zero-order chi connectivity index (χ0) is 19.8. The fraction of sp³-hybridized carbons (Fsp3) is 0.650. The van der Waals surface area contributed by atoms with Gasteiger partial charge in [0.05, 0.1) is 0 Å². The van der Waals surface area contributed by atoms with Crippen molar-refractivity contribution >= 4 is 11.6 Å². The highest BCUT2D eigenvalue weighted by Crippen LogP contribution is 2.57. The molecule has 2 aromatic heterocycles. The second-order valence-electron chi connectivity index (χ2n) is 9.09. The predicted octanol–water partition coefficient (Wildman–Crippen LogP) is 4.10. The average molecular weight is 392 g/mol. The highest BCUT2D eigenvalue weighted by Gasteiger charge is 2.54. The summed E-state index contributed by atoms with van der Waals surface area (Å²) in [6.45, 7) is 1.51. The van der Waals surface area contributed by atoms with Gasteiger partial charge >= 0.3 is 6.18 Å². The number of alkyl halides is 3. The van der Waals surface area contributed by atoms with Crippen molar-refractivity contribution in [3.63, 3.8) is 0 Å². The van der Waals surface area contributed by atoms with Gasteiger partial charge in [0.1, 0.15) is 5.69 Å². The van der Waals surface area contributed by atoms with E-state index in [-0.39, 0.29) is 28.5 Å². The summed E-state index contributed by atoms with van der Waals surface area (Å²) in [6, 6.07) is 2.33.